The Morgan fingerprint density at radius 2 is 1.76 bits per heavy atom. The second-order valence-corrected chi connectivity index (χ2v) is 11.5. The molecule has 1 amide bonds. The molecule has 0 bridgehead atoms. The van der Waals surface area contributed by atoms with Crippen LogP contribution < -0.4 is 10.2 Å². The minimum absolute atomic E-state index is 0.00226. The Bertz CT molecular complexity index is 802. The maximum Gasteiger partial charge on any atom is 0.404 e. The summed E-state index contributed by atoms with van der Waals surface area (Å²) < 4.78 is 30.8. The number of carbonyl (C=O) groups is 1. The maximum absolute atomic E-state index is 13.7. The molecule has 2 atom stereocenters. The summed E-state index contributed by atoms with van der Waals surface area (Å²) in [4.78, 5) is 13.6. The Hall–Kier alpha value is -1.02. The monoisotopic (exact) mass is 540 g/mol. The van der Waals surface area contributed by atoms with Crippen LogP contribution in [0.1, 0.15) is 38.8 Å². The molecule has 1 aromatic carbocycles. The number of nitrogens with zero attached hydrogens (tertiary/aromatic N) is 1. The first kappa shape index (κ1) is 31.0. The fourth-order valence-electron chi connectivity index (χ4n) is 3.74. The van der Waals surface area contributed by atoms with Crippen LogP contribution >= 0.6 is 30.6 Å². The second-order valence-electron chi connectivity index (χ2n) is 7.96. The van der Waals surface area contributed by atoms with E-state index >= 15 is 0 Å². The molecule has 11 heteroatoms. The number of aryl methyl sites for hydroxylation is 1. The molecule has 1 rings (SSSR count). The fourth-order valence-corrected chi connectivity index (χ4v) is 6.21. The first-order valence-corrected chi connectivity index (χ1v) is 14.6. The van der Waals surface area contributed by atoms with Gasteiger partial charge in [0.1, 0.15) is 0 Å². The third kappa shape index (κ3) is 10.3. The summed E-state index contributed by atoms with van der Waals surface area (Å²) in [5, 5.41) is 12.0. The molecule has 1 aromatic rings. The molecular formula is C23H39Cl2N2O6P. The van der Waals surface area contributed by atoms with Crippen molar-refractivity contribution in [2.24, 2.45) is 0 Å². The van der Waals surface area contributed by atoms with Gasteiger partial charge in [-0.05, 0) is 50.5 Å². The van der Waals surface area contributed by atoms with Gasteiger partial charge in [0.05, 0.1) is 0 Å². The summed E-state index contributed by atoms with van der Waals surface area (Å²) in [6, 6.07) is 5.34. The number of amides is 1. The zero-order chi connectivity index (χ0) is 25.8. The molecule has 34 heavy (non-hydrogen) atoms. The van der Waals surface area contributed by atoms with E-state index in [-0.39, 0.29) is 12.3 Å². The van der Waals surface area contributed by atoms with Gasteiger partial charge in [0.25, 0.3) is 5.97 Å². The zero-order valence-corrected chi connectivity index (χ0v) is 23.2. The number of rotatable bonds is 17. The first-order valence-electron chi connectivity index (χ1n) is 11.6. The van der Waals surface area contributed by atoms with E-state index in [2.05, 4.69) is 10.2 Å². The summed E-state index contributed by atoms with van der Waals surface area (Å²) in [6.45, 7) is 10.8. The number of anilines is 1. The van der Waals surface area contributed by atoms with Crippen LogP contribution in [0.5, 0.6) is 0 Å². The van der Waals surface area contributed by atoms with Gasteiger partial charge < -0.3 is 24.8 Å². The average molecular weight is 541 g/mol. The first-order chi connectivity index (χ1) is 16.0. The van der Waals surface area contributed by atoms with Crippen LogP contribution in [0.25, 0.3) is 0 Å². The molecule has 0 spiro atoms. The van der Waals surface area contributed by atoms with Crippen molar-refractivity contribution >= 4 is 42.4 Å². The quantitative estimate of drug-likeness (QED) is 0.152. The van der Waals surface area contributed by atoms with Gasteiger partial charge in [0.15, 0.2) is 0 Å². The van der Waals surface area contributed by atoms with Crippen molar-refractivity contribution in [3.63, 3.8) is 0 Å². The number of ether oxygens (including phenoxy) is 2. The predicted molar refractivity (Wildman–Crippen MR) is 139 cm³/mol. The smallest absolute Gasteiger partial charge is 0.404 e. The lowest BCUT2D eigenvalue weighted by atomic mass is 10.0. The van der Waals surface area contributed by atoms with E-state index in [9.17, 15) is 14.5 Å². The molecule has 1 unspecified atom stereocenters. The summed E-state index contributed by atoms with van der Waals surface area (Å²) in [6.07, 6.45) is -0.639. The van der Waals surface area contributed by atoms with Crippen molar-refractivity contribution in [3.05, 3.63) is 29.3 Å². The van der Waals surface area contributed by atoms with E-state index in [1.54, 1.807) is 27.7 Å². The topological polar surface area (TPSA) is 97.3 Å². The summed E-state index contributed by atoms with van der Waals surface area (Å²) in [7, 11) is -3.32. The molecular weight excluding hydrogens is 502 g/mol. The molecule has 0 aliphatic carbocycles. The van der Waals surface area contributed by atoms with Gasteiger partial charge in [-0.3, -0.25) is 9.09 Å². The molecule has 0 fully saturated rings. The Morgan fingerprint density at radius 1 is 1.18 bits per heavy atom. The van der Waals surface area contributed by atoms with E-state index in [1.807, 2.05) is 25.1 Å². The number of hydrogen-bond donors (Lipinski definition) is 2. The molecule has 0 saturated heterocycles. The highest BCUT2D eigenvalue weighted by atomic mass is 35.5. The lowest BCUT2D eigenvalue weighted by molar-refractivity contribution is -0.328. The van der Waals surface area contributed by atoms with E-state index in [1.165, 1.54) is 0 Å². The normalized spacial score (nSPS) is 14.4. The Labute approximate surface area is 213 Å². The minimum atomic E-state index is -3.32. The molecule has 0 radical (unpaired) electrons. The van der Waals surface area contributed by atoms with Crippen molar-refractivity contribution in [2.75, 3.05) is 55.3 Å². The number of benzene rings is 1. The highest BCUT2D eigenvalue weighted by Crippen LogP contribution is 2.51. The highest BCUT2D eigenvalue weighted by molar-refractivity contribution is 7.59. The van der Waals surface area contributed by atoms with Crippen LogP contribution in [0, 0.1) is 6.92 Å². The summed E-state index contributed by atoms with van der Waals surface area (Å²) >= 11 is 11.9. The minimum Gasteiger partial charge on any atom is -0.465 e. The average Bonchev–Trinajstić information content (AvgIpc) is 2.74. The lowest BCUT2D eigenvalue weighted by Crippen LogP contribution is -2.41. The van der Waals surface area contributed by atoms with E-state index in [4.69, 9.17) is 37.2 Å². The fraction of sp³-hybridized carbons (Fsp3) is 0.696. The number of nitrogens with one attached hydrogen (secondary N) is 1. The number of hydrogen-bond acceptors (Lipinski definition) is 6. The van der Waals surface area contributed by atoms with Crippen LogP contribution in [0.3, 0.4) is 0 Å². The Morgan fingerprint density at radius 3 is 2.24 bits per heavy atom. The number of halogens is 2. The second kappa shape index (κ2) is 15.2. The SMILES string of the molecule is CCOC(C)(OCC)OP(=O)(CC)C[C@@H](Cc1cc(N(CCCl)CCCl)ccc1C)NC(=O)O. The van der Waals surface area contributed by atoms with Crippen molar-refractivity contribution in [2.45, 2.75) is 53.1 Å². The van der Waals surface area contributed by atoms with Crippen LogP contribution in [0.4, 0.5) is 10.5 Å². The largest absolute Gasteiger partial charge is 0.465 e. The van der Waals surface area contributed by atoms with Crippen LogP contribution in [0.15, 0.2) is 18.2 Å². The van der Waals surface area contributed by atoms with Gasteiger partial charge in [0.2, 0.25) is 7.37 Å². The highest BCUT2D eigenvalue weighted by Gasteiger charge is 2.38. The van der Waals surface area contributed by atoms with Crippen molar-refractivity contribution in [3.8, 4) is 0 Å². The van der Waals surface area contributed by atoms with E-state index in [0.717, 1.165) is 16.8 Å². The van der Waals surface area contributed by atoms with Gasteiger partial charge >= 0.3 is 6.09 Å². The molecule has 0 aliphatic rings. The molecule has 0 heterocycles. The van der Waals surface area contributed by atoms with Crippen molar-refractivity contribution < 1.29 is 28.5 Å². The molecule has 0 saturated carbocycles. The van der Waals surface area contributed by atoms with Crippen LogP contribution in [-0.4, -0.2) is 73.6 Å². The van der Waals surface area contributed by atoms with Crippen LogP contribution in [-0.2, 0) is 25.0 Å². The predicted octanol–water partition coefficient (Wildman–Crippen LogP) is 5.52. The molecule has 0 aromatic heterocycles. The summed E-state index contributed by atoms with van der Waals surface area (Å²) in [5.74, 6) is -0.556. The standard InChI is InChI=1S/C23H39Cl2N2O6P/c1-6-31-23(5,32-7-2)33-34(30,8-3)17-20(26-22(28)29)15-19-16-21(10-9-18(19)4)27(13-11-24)14-12-25/h9-10,16,20,26H,6-8,11-15,17H2,1-5H3,(H,28,29)/t20-,34?/m1/s1. The Kier molecular flexibility index (Phi) is 13.8. The number of carboxylic acid groups (broad SMARTS) is 1. The van der Waals surface area contributed by atoms with Crippen LogP contribution in [0.2, 0.25) is 0 Å². The maximum atomic E-state index is 13.7. The Balaban J connectivity index is 3.21. The molecule has 8 nitrogen and oxygen atoms in total. The molecule has 196 valence electrons. The third-order valence-corrected chi connectivity index (χ3v) is 8.29. The third-order valence-electron chi connectivity index (χ3n) is 5.33. The van der Waals surface area contributed by atoms with Gasteiger partial charge in [-0.15, -0.1) is 23.2 Å². The summed E-state index contributed by atoms with van der Waals surface area (Å²) in [5.41, 5.74) is 2.88. The van der Waals surface area contributed by atoms with Gasteiger partial charge in [-0.2, -0.15) is 0 Å². The van der Waals surface area contributed by atoms with E-state index in [0.29, 0.717) is 44.5 Å². The van der Waals surface area contributed by atoms with Gasteiger partial charge in [0, 0.05) is 69.0 Å². The molecule has 0 aliphatic heterocycles. The van der Waals surface area contributed by atoms with E-state index < -0.39 is 25.5 Å². The van der Waals surface area contributed by atoms with Gasteiger partial charge in [-0.1, -0.05) is 13.0 Å². The van der Waals surface area contributed by atoms with Crippen molar-refractivity contribution in [1.29, 1.82) is 0 Å². The van der Waals surface area contributed by atoms with Crippen molar-refractivity contribution in [1.82, 2.24) is 5.32 Å². The number of alkyl halides is 2. The zero-order valence-electron chi connectivity index (χ0n) is 20.8. The molecule has 2 N–H and O–H groups in total. The van der Waals surface area contributed by atoms with Gasteiger partial charge in [-0.25, -0.2) is 4.79 Å². The lowest BCUT2D eigenvalue weighted by Gasteiger charge is -2.34.